The van der Waals surface area contributed by atoms with Crippen molar-refractivity contribution in [2.45, 2.75) is 103 Å². The van der Waals surface area contributed by atoms with Gasteiger partial charge in [-0.1, -0.05) is 0 Å². The zero-order chi connectivity index (χ0) is 32.6. The number of rotatable bonds is 25. The molecule has 0 spiro atoms. The second-order valence-electron chi connectivity index (χ2n) is 10.3. The van der Waals surface area contributed by atoms with Crippen molar-refractivity contribution < 1.29 is 43.8 Å². The highest BCUT2D eigenvalue weighted by molar-refractivity contribution is 5.84. The van der Waals surface area contributed by atoms with E-state index in [2.05, 4.69) is 31.9 Å². The SMILES string of the molecule is CNC(CCCCNC(=O)CCC(NC(=O)CCCNC(=O)CCC(CO)NC(=O)CCCNC(C)=O)C(=O)O)C(C)=O. The lowest BCUT2D eigenvalue weighted by molar-refractivity contribution is -0.142. The highest BCUT2D eigenvalue weighted by atomic mass is 16.4. The van der Waals surface area contributed by atoms with E-state index in [1.165, 1.54) is 13.8 Å². The van der Waals surface area contributed by atoms with Gasteiger partial charge in [0.25, 0.3) is 0 Å². The number of aliphatic carboxylic acids is 1. The number of carboxylic acids is 1. The van der Waals surface area contributed by atoms with Gasteiger partial charge >= 0.3 is 5.97 Å². The molecule has 0 rings (SSSR count). The van der Waals surface area contributed by atoms with Crippen molar-refractivity contribution in [2.24, 2.45) is 0 Å². The van der Waals surface area contributed by atoms with Gasteiger partial charge in [-0.2, -0.15) is 0 Å². The number of hydrogen-bond donors (Lipinski definition) is 8. The van der Waals surface area contributed by atoms with Crippen molar-refractivity contribution in [1.29, 1.82) is 0 Å². The lowest BCUT2D eigenvalue weighted by Gasteiger charge is -2.16. The Bertz CT molecular complexity index is 915. The van der Waals surface area contributed by atoms with Crippen LogP contribution in [0.15, 0.2) is 0 Å². The van der Waals surface area contributed by atoms with Gasteiger partial charge in [-0.25, -0.2) is 4.79 Å². The third kappa shape index (κ3) is 21.7. The fourth-order valence-electron chi connectivity index (χ4n) is 4.03. The molecule has 15 nitrogen and oxygen atoms in total. The van der Waals surface area contributed by atoms with E-state index in [0.717, 1.165) is 6.42 Å². The molecule has 0 saturated carbocycles. The molecule has 0 aromatic heterocycles. The van der Waals surface area contributed by atoms with Gasteiger partial charge in [0.05, 0.1) is 18.7 Å². The minimum absolute atomic E-state index is 0.0298. The van der Waals surface area contributed by atoms with Gasteiger partial charge in [-0.05, 0) is 58.9 Å². The van der Waals surface area contributed by atoms with Crippen LogP contribution in [0.3, 0.4) is 0 Å². The molecule has 5 amide bonds. The van der Waals surface area contributed by atoms with Gasteiger partial charge in [-0.3, -0.25) is 28.8 Å². The van der Waals surface area contributed by atoms with Crippen molar-refractivity contribution in [3.63, 3.8) is 0 Å². The van der Waals surface area contributed by atoms with Gasteiger partial charge in [-0.15, -0.1) is 0 Å². The normalized spacial score (nSPS) is 12.7. The Hall–Kier alpha value is -3.59. The molecule has 0 aromatic rings. The fraction of sp³-hybridized carbons (Fsp3) is 0.750. The van der Waals surface area contributed by atoms with Crippen molar-refractivity contribution in [2.75, 3.05) is 33.3 Å². The fourth-order valence-corrected chi connectivity index (χ4v) is 4.03. The first kappa shape index (κ1) is 39.4. The summed E-state index contributed by atoms with van der Waals surface area (Å²) < 4.78 is 0. The molecular formula is C28H50N6O9. The maximum atomic E-state index is 12.2. The number of likely N-dealkylation sites (N-methyl/N-ethyl adjacent to an activating group) is 1. The number of Topliss-reactive ketones (excluding diaryl/α,β-unsaturated/α-hetero) is 1. The average Bonchev–Trinajstić information content (AvgIpc) is 2.94. The molecule has 3 atom stereocenters. The third-order valence-corrected chi connectivity index (χ3v) is 6.54. The topological polar surface area (TPSA) is 232 Å². The number of aliphatic hydroxyl groups is 1. The average molecular weight is 615 g/mol. The van der Waals surface area contributed by atoms with Crippen LogP contribution in [0.5, 0.6) is 0 Å². The van der Waals surface area contributed by atoms with Crippen molar-refractivity contribution in [3.05, 3.63) is 0 Å². The number of nitrogens with one attached hydrogen (secondary N) is 6. The number of aliphatic hydroxyl groups excluding tert-OH is 1. The molecule has 3 unspecified atom stereocenters. The smallest absolute Gasteiger partial charge is 0.326 e. The zero-order valence-corrected chi connectivity index (χ0v) is 25.6. The van der Waals surface area contributed by atoms with Crippen LogP contribution < -0.4 is 31.9 Å². The van der Waals surface area contributed by atoms with Gasteiger partial charge in [0.1, 0.15) is 11.8 Å². The molecule has 0 aliphatic rings. The van der Waals surface area contributed by atoms with E-state index in [1.54, 1.807) is 7.05 Å². The van der Waals surface area contributed by atoms with Crippen LogP contribution in [0.2, 0.25) is 0 Å². The van der Waals surface area contributed by atoms with E-state index in [0.29, 0.717) is 32.4 Å². The summed E-state index contributed by atoms with van der Waals surface area (Å²) in [6.45, 7) is 3.50. The summed E-state index contributed by atoms with van der Waals surface area (Å²) in [7, 11) is 1.72. The molecule has 0 aromatic carbocycles. The molecule has 0 saturated heterocycles. The molecule has 246 valence electrons. The lowest BCUT2D eigenvalue weighted by Crippen LogP contribution is -2.42. The summed E-state index contributed by atoms with van der Waals surface area (Å²) in [5.41, 5.74) is 0. The molecule has 15 heteroatoms. The first-order chi connectivity index (χ1) is 20.4. The number of unbranched alkanes of at least 4 members (excludes halogenated alkanes) is 1. The molecular weight excluding hydrogens is 564 g/mol. The van der Waals surface area contributed by atoms with Crippen molar-refractivity contribution in [1.82, 2.24) is 31.9 Å². The summed E-state index contributed by atoms with van der Waals surface area (Å²) in [5.74, 6) is -2.85. The van der Waals surface area contributed by atoms with Crippen LogP contribution in [0, 0.1) is 0 Å². The van der Waals surface area contributed by atoms with Crippen LogP contribution in [-0.4, -0.2) is 103 Å². The van der Waals surface area contributed by atoms with E-state index in [1.807, 2.05) is 0 Å². The largest absolute Gasteiger partial charge is 0.480 e. The zero-order valence-electron chi connectivity index (χ0n) is 25.6. The Balaban J connectivity index is 4.16. The summed E-state index contributed by atoms with van der Waals surface area (Å²) in [4.78, 5) is 82.0. The Morgan fingerprint density at radius 1 is 0.605 bits per heavy atom. The number of carbonyl (C=O) groups is 7. The maximum absolute atomic E-state index is 12.2. The Morgan fingerprint density at radius 3 is 1.65 bits per heavy atom. The number of carboxylic acid groups (broad SMARTS) is 1. The van der Waals surface area contributed by atoms with Gasteiger partial charge in [0.15, 0.2) is 0 Å². The quantitative estimate of drug-likeness (QED) is 0.0577. The molecule has 0 aliphatic carbocycles. The van der Waals surface area contributed by atoms with Crippen molar-refractivity contribution in [3.8, 4) is 0 Å². The Morgan fingerprint density at radius 2 is 1.14 bits per heavy atom. The molecule has 0 heterocycles. The first-order valence-electron chi connectivity index (χ1n) is 14.8. The minimum atomic E-state index is -1.25. The number of carbonyl (C=O) groups excluding carboxylic acids is 6. The molecule has 43 heavy (non-hydrogen) atoms. The first-order valence-corrected chi connectivity index (χ1v) is 14.8. The van der Waals surface area contributed by atoms with Crippen LogP contribution in [0.4, 0.5) is 0 Å². The summed E-state index contributed by atoms with van der Waals surface area (Å²) in [6, 6.07) is -2.03. The Labute approximate surface area is 253 Å². The van der Waals surface area contributed by atoms with Gasteiger partial charge in [0.2, 0.25) is 29.5 Å². The lowest BCUT2D eigenvalue weighted by atomic mass is 10.1. The molecule has 0 fully saturated rings. The van der Waals surface area contributed by atoms with Crippen molar-refractivity contribution >= 4 is 41.3 Å². The van der Waals surface area contributed by atoms with E-state index in [-0.39, 0.29) is 93.6 Å². The maximum Gasteiger partial charge on any atom is 0.326 e. The summed E-state index contributed by atoms with van der Waals surface area (Å²) >= 11 is 0. The number of ketones is 1. The van der Waals surface area contributed by atoms with E-state index >= 15 is 0 Å². The van der Waals surface area contributed by atoms with E-state index in [9.17, 15) is 43.8 Å². The molecule has 8 N–H and O–H groups in total. The highest BCUT2D eigenvalue weighted by Crippen LogP contribution is 2.03. The predicted octanol–water partition coefficient (Wildman–Crippen LogP) is -1.13. The standard InChI is InChI=1S/C28H50N6O9/c1-19(36)22(29-3)8-4-5-15-31-25(39)14-12-23(28(42)43)34-27(41)10-7-17-32-24(38)13-11-21(18-35)33-26(40)9-6-16-30-20(2)37/h21-23,29,35H,4-18H2,1-3H3,(H,30,37)(H,31,39)(H,32,38)(H,33,40)(H,34,41)(H,42,43). The predicted molar refractivity (Wildman–Crippen MR) is 158 cm³/mol. The Kier molecular flexibility index (Phi) is 21.9. The summed E-state index contributed by atoms with van der Waals surface area (Å²) in [6.07, 6.45) is 3.02. The monoisotopic (exact) mass is 614 g/mol. The van der Waals surface area contributed by atoms with E-state index < -0.39 is 24.0 Å². The molecule has 0 aliphatic heterocycles. The van der Waals surface area contributed by atoms with Crippen LogP contribution >= 0.6 is 0 Å². The molecule has 0 bridgehead atoms. The van der Waals surface area contributed by atoms with Crippen LogP contribution in [0.25, 0.3) is 0 Å². The van der Waals surface area contributed by atoms with Crippen LogP contribution in [0.1, 0.15) is 84.5 Å². The minimum Gasteiger partial charge on any atom is -0.480 e. The van der Waals surface area contributed by atoms with Crippen LogP contribution in [-0.2, 0) is 33.6 Å². The third-order valence-electron chi connectivity index (χ3n) is 6.54. The second-order valence-corrected chi connectivity index (χ2v) is 10.3. The molecule has 0 radical (unpaired) electrons. The number of amides is 5. The second kappa shape index (κ2) is 23.9. The number of hydrogen-bond acceptors (Lipinski definition) is 9. The van der Waals surface area contributed by atoms with Gasteiger partial charge in [0, 0.05) is 52.2 Å². The van der Waals surface area contributed by atoms with Gasteiger partial charge < -0.3 is 42.1 Å². The van der Waals surface area contributed by atoms with E-state index in [4.69, 9.17) is 0 Å². The highest BCUT2D eigenvalue weighted by Gasteiger charge is 2.21. The summed E-state index contributed by atoms with van der Waals surface area (Å²) in [5, 5.41) is 34.8.